The van der Waals surface area contributed by atoms with Crippen LogP contribution in [0, 0.1) is 0 Å². The maximum absolute atomic E-state index is 0. The van der Waals surface area contributed by atoms with Crippen molar-refractivity contribution in [2.75, 3.05) is 0 Å². The molecule has 0 aliphatic heterocycles. The van der Waals surface area contributed by atoms with Crippen LogP contribution in [0.15, 0.2) is 0 Å². The zero-order chi connectivity index (χ0) is 0. The molecule has 0 aromatic rings. The summed E-state index contributed by atoms with van der Waals surface area (Å²) in [5, 5.41) is 0. The molecule has 7 heteroatoms. The molecule has 0 heterocycles. The monoisotopic (exact) mass is 250 g/mol. The molecule has 12 radical (unpaired) electrons. The zero-order valence-corrected chi connectivity index (χ0v) is 14.6. The molecule has 0 aliphatic carbocycles. The minimum absolute atomic E-state index is 0. The van der Waals surface area contributed by atoms with Crippen LogP contribution in [0.3, 0.4) is 0 Å². The first-order valence-corrected chi connectivity index (χ1v) is 0. The van der Waals surface area contributed by atoms with E-state index < -0.39 is 0 Å². The normalized spacial score (nSPS) is 0. The Morgan fingerprint density at radius 2 is 0.286 bits per heavy atom. The summed E-state index contributed by atoms with van der Waals surface area (Å²) in [6, 6.07) is 0. The first-order valence-electron chi connectivity index (χ1n) is 0. The van der Waals surface area contributed by atoms with E-state index in [9.17, 15) is 0 Å². The Morgan fingerprint density at radius 3 is 0.286 bits per heavy atom. The van der Waals surface area contributed by atoms with E-state index in [1.807, 2.05) is 0 Å². The quantitative estimate of drug-likeness (QED) is 0.426. The maximum Gasteiger partial charge on any atom is 0 e. The molecule has 7 heavy (non-hydrogen) atoms. The van der Waals surface area contributed by atoms with Crippen LogP contribution in [0.25, 0.3) is 0 Å². The fraction of sp³-hybridized carbons (Fsp3) is 0. The molecule has 0 aromatic carbocycles. The SMILES string of the molecule is [Mg].[Mg].[Mg].[Mg].[Mg].[Mg].[Pd]. The van der Waals surface area contributed by atoms with Crippen molar-refractivity contribution in [3.63, 3.8) is 0 Å². The minimum atomic E-state index is 0. The van der Waals surface area contributed by atoms with Crippen LogP contribution >= 0.6 is 0 Å². The summed E-state index contributed by atoms with van der Waals surface area (Å²) in [7, 11) is 0. The number of rotatable bonds is 0. The van der Waals surface area contributed by atoms with Crippen molar-refractivity contribution >= 4 is 138 Å². The molecule has 0 unspecified atom stereocenters. The summed E-state index contributed by atoms with van der Waals surface area (Å²) in [5.74, 6) is 0. The number of hydrogen-bond acceptors (Lipinski definition) is 0. The largest absolute Gasteiger partial charge is 0 e. The molecule has 0 N–H and O–H groups in total. The third kappa shape index (κ3) is 34.9. The Labute approximate surface area is 155 Å². The van der Waals surface area contributed by atoms with Gasteiger partial charge in [-0.05, 0) is 0 Å². The summed E-state index contributed by atoms with van der Waals surface area (Å²) in [6.45, 7) is 0. The Kier molecular flexibility index (Phi) is 344. The van der Waals surface area contributed by atoms with Crippen molar-refractivity contribution in [1.29, 1.82) is 0 Å². The van der Waals surface area contributed by atoms with Crippen molar-refractivity contribution < 1.29 is 20.4 Å². The minimum Gasteiger partial charge on any atom is 0 e. The summed E-state index contributed by atoms with van der Waals surface area (Å²) in [4.78, 5) is 0. The van der Waals surface area contributed by atoms with E-state index in [1.54, 1.807) is 0 Å². The molecule has 0 nitrogen and oxygen atoms in total. The van der Waals surface area contributed by atoms with Gasteiger partial charge in [0.1, 0.15) is 0 Å². The maximum atomic E-state index is 0. The van der Waals surface area contributed by atoms with Gasteiger partial charge in [0.2, 0.25) is 0 Å². The Hall–Kier alpha value is 5.26. The second-order valence-corrected chi connectivity index (χ2v) is 0. The van der Waals surface area contributed by atoms with E-state index in [2.05, 4.69) is 0 Å². The molecule has 0 atom stereocenters. The van der Waals surface area contributed by atoms with Gasteiger partial charge in [0.05, 0.1) is 0 Å². The zero-order valence-electron chi connectivity index (χ0n) is 4.56. The van der Waals surface area contributed by atoms with Crippen molar-refractivity contribution in [1.82, 2.24) is 0 Å². The summed E-state index contributed by atoms with van der Waals surface area (Å²) < 4.78 is 0. The van der Waals surface area contributed by atoms with Crippen molar-refractivity contribution in [3.05, 3.63) is 0 Å². The van der Waals surface area contributed by atoms with Crippen LogP contribution in [0.4, 0.5) is 0 Å². The van der Waals surface area contributed by atoms with Gasteiger partial charge >= 0.3 is 0 Å². The summed E-state index contributed by atoms with van der Waals surface area (Å²) in [6.07, 6.45) is 0. The van der Waals surface area contributed by atoms with Gasteiger partial charge in [0.15, 0.2) is 0 Å². The topological polar surface area (TPSA) is 0 Å². The molecule has 0 saturated heterocycles. The van der Waals surface area contributed by atoms with Gasteiger partial charge in [-0.2, -0.15) is 0 Å². The average Bonchev–Trinajstić information content (AvgIpc) is 0. The van der Waals surface area contributed by atoms with Gasteiger partial charge in [-0.3, -0.25) is 0 Å². The molecule has 0 fully saturated rings. The third-order valence-electron chi connectivity index (χ3n) is 0. The summed E-state index contributed by atoms with van der Waals surface area (Å²) in [5.41, 5.74) is 0. The second kappa shape index (κ2) is 42.8. The van der Waals surface area contributed by atoms with Gasteiger partial charge < -0.3 is 0 Å². The van der Waals surface area contributed by atoms with Crippen molar-refractivity contribution in [2.24, 2.45) is 0 Å². The number of hydrogen-bond donors (Lipinski definition) is 0. The van der Waals surface area contributed by atoms with Crippen LogP contribution in [0.1, 0.15) is 0 Å². The van der Waals surface area contributed by atoms with E-state index in [0.717, 1.165) is 0 Å². The second-order valence-electron chi connectivity index (χ2n) is 0. The average molecular weight is 252 g/mol. The van der Waals surface area contributed by atoms with Gasteiger partial charge in [-0.25, -0.2) is 0 Å². The molecule has 0 spiro atoms. The predicted octanol–water partition coefficient (Wildman–Crippen LogP) is -2.29. The smallest absolute Gasteiger partial charge is 0 e. The molecular formula is Mg6Pd. The summed E-state index contributed by atoms with van der Waals surface area (Å²) >= 11 is 0. The van der Waals surface area contributed by atoms with Crippen molar-refractivity contribution in [2.45, 2.75) is 0 Å². The fourth-order valence-electron chi connectivity index (χ4n) is 0. The van der Waals surface area contributed by atoms with Crippen LogP contribution in [0.2, 0.25) is 0 Å². The van der Waals surface area contributed by atoms with Gasteiger partial charge in [-0.15, -0.1) is 0 Å². The molecule has 0 aliphatic rings. The van der Waals surface area contributed by atoms with E-state index >= 15 is 0 Å². The van der Waals surface area contributed by atoms with Gasteiger partial charge in [-0.1, -0.05) is 0 Å². The molecular weight excluding hydrogens is 252 g/mol. The Bertz CT molecular complexity index is 4.14. The Morgan fingerprint density at radius 1 is 0.286 bits per heavy atom. The van der Waals surface area contributed by atoms with Crippen LogP contribution in [-0.2, 0) is 20.4 Å². The molecule has 0 rings (SSSR count). The first kappa shape index (κ1) is 56.2. The Balaban J connectivity index is 0. The molecule has 0 bridgehead atoms. The van der Waals surface area contributed by atoms with Crippen LogP contribution in [0.5, 0.6) is 0 Å². The third-order valence-corrected chi connectivity index (χ3v) is 0. The fourth-order valence-corrected chi connectivity index (χ4v) is 0. The standard InChI is InChI=1S/6Mg.Pd. The molecule has 22 valence electrons. The molecule has 0 saturated carbocycles. The van der Waals surface area contributed by atoms with Crippen LogP contribution in [-0.4, -0.2) is 138 Å². The first-order chi connectivity index (χ1) is 0. The van der Waals surface area contributed by atoms with E-state index in [4.69, 9.17) is 0 Å². The van der Waals surface area contributed by atoms with E-state index in [0.29, 0.717) is 0 Å². The van der Waals surface area contributed by atoms with Gasteiger partial charge in [0, 0.05) is 159 Å². The predicted molar refractivity (Wildman–Crippen MR) is 34.5 cm³/mol. The molecule has 0 amide bonds. The van der Waals surface area contributed by atoms with Crippen molar-refractivity contribution in [3.8, 4) is 0 Å². The molecule has 0 aromatic heterocycles. The van der Waals surface area contributed by atoms with Gasteiger partial charge in [0.25, 0.3) is 0 Å². The van der Waals surface area contributed by atoms with E-state index in [-0.39, 0.29) is 159 Å². The van der Waals surface area contributed by atoms with E-state index in [1.165, 1.54) is 0 Å². The van der Waals surface area contributed by atoms with Crippen LogP contribution < -0.4 is 0 Å².